The Bertz CT molecular complexity index is 1220. The molecular formula is C27H26N4O2. The van der Waals surface area contributed by atoms with Crippen molar-refractivity contribution >= 4 is 5.69 Å². The molecule has 2 heterocycles. The Morgan fingerprint density at radius 2 is 1.76 bits per heavy atom. The summed E-state index contributed by atoms with van der Waals surface area (Å²) in [4.78, 5) is 2.13. The number of ether oxygens (including phenoxy) is 1. The fourth-order valence-electron chi connectivity index (χ4n) is 4.33. The van der Waals surface area contributed by atoms with Crippen molar-refractivity contribution < 1.29 is 9.84 Å². The summed E-state index contributed by atoms with van der Waals surface area (Å²) >= 11 is 0. The van der Waals surface area contributed by atoms with Crippen molar-refractivity contribution in [2.45, 2.75) is 38.7 Å². The average Bonchev–Trinajstić information content (AvgIpc) is 3.16. The molecule has 0 radical (unpaired) electrons. The molecule has 0 fully saturated rings. The Labute approximate surface area is 194 Å². The van der Waals surface area contributed by atoms with Crippen molar-refractivity contribution in [1.29, 1.82) is 15.8 Å². The van der Waals surface area contributed by atoms with Gasteiger partial charge >= 0.3 is 0 Å². The van der Waals surface area contributed by atoms with Crippen LogP contribution < -0.4 is 4.90 Å². The highest BCUT2D eigenvalue weighted by Crippen LogP contribution is 2.47. The van der Waals surface area contributed by atoms with Crippen molar-refractivity contribution in [3.05, 3.63) is 88.4 Å². The third kappa shape index (κ3) is 4.20. The summed E-state index contributed by atoms with van der Waals surface area (Å²) in [6.45, 7) is 8.47. The van der Waals surface area contributed by atoms with Gasteiger partial charge in [-0.05, 0) is 31.6 Å². The second-order valence-corrected chi connectivity index (χ2v) is 8.75. The molecule has 2 aliphatic heterocycles. The van der Waals surface area contributed by atoms with E-state index >= 15 is 0 Å². The molecule has 166 valence electrons. The second kappa shape index (κ2) is 9.21. The predicted octanol–water partition coefficient (Wildman–Crippen LogP) is 4.70. The number of nitrogens with zero attached hydrogens (tertiary/aromatic N) is 4. The Kier molecular flexibility index (Phi) is 6.59. The lowest BCUT2D eigenvalue weighted by Gasteiger charge is -2.26. The minimum atomic E-state index is -0.838. The van der Waals surface area contributed by atoms with E-state index < -0.39 is 5.60 Å². The normalized spacial score (nSPS) is 19.5. The molecule has 33 heavy (non-hydrogen) atoms. The van der Waals surface area contributed by atoms with Crippen LogP contribution in [0.3, 0.4) is 0 Å². The van der Waals surface area contributed by atoms with Crippen molar-refractivity contribution in [3.63, 3.8) is 0 Å². The van der Waals surface area contributed by atoms with E-state index in [2.05, 4.69) is 36.9 Å². The van der Waals surface area contributed by atoms with E-state index in [4.69, 9.17) is 4.74 Å². The molecule has 1 N–H and O–H groups in total. The first-order valence-electron chi connectivity index (χ1n) is 10.6. The van der Waals surface area contributed by atoms with E-state index in [-0.39, 0.29) is 28.9 Å². The highest BCUT2D eigenvalue weighted by atomic mass is 16.5. The standard InChI is InChI=1S/C27H26N4O2/c1-26(2)22-11-8-9-12-23(22)31(14-15-32)24(26)13-7-5-6-10-21-20(18-30)25(19(16-28)17-29)33-27(21,3)4/h5-13,32H,14-15H2,1-4H3/b7-5+,10-6+,24-13+. The van der Waals surface area contributed by atoms with Crippen LogP contribution in [0.1, 0.15) is 33.3 Å². The summed E-state index contributed by atoms with van der Waals surface area (Å²) in [5.41, 5.74) is 2.95. The van der Waals surface area contributed by atoms with E-state index in [1.807, 2.05) is 36.4 Å². The smallest absolute Gasteiger partial charge is 0.172 e. The van der Waals surface area contributed by atoms with Gasteiger partial charge in [0.2, 0.25) is 0 Å². The van der Waals surface area contributed by atoms with Gasteiger partial charge in [-0.2, -0.15) is 15.8 Å². The molecule has 1 aromatic rings. The Hall–Kier alpha value is -4.05. The Morgan fingerprint density at radius 3 is 2.39 bits per heavy atom. The first kappa shape index (κ1) is 23.6. The molecule has 0 amide bonds. The zero-order valence-electron chi connectivity index (χ0n) is 19.3. The zero-order valence-corrected chi connectivity index (χ0v) is 19.3. The molecule has 0 aromatic heterocycles. The van der Waals surface area contributed by atoms with Crippen molar-refractivity contribution in [2.75, 3.05) is 18.1 Å². The minimum absolute atomic E-state index is 0.0309. The Balaban J connectivity index is 1.92. The number of rotatable bonds is 5. The molecule has 0 aliphatic carbocycles. The zero-order chi connectivity index (χ0) is 24.2. The molecule has 0 saturated carbocycles. The van der Waals surface area contributed by atoms with E-state index in [9.17, 15) is 20.9 Å². The van der Waals surface area contributed by atoms with Crippen molar-refractivity contribution in [2.24, 2.45) is 0 Å². The largest absolute Gasteiger partial charge is 0.480 e. The molecule has 0 atom stereocenters. The van der Waals surface area contributed by atoms with Crippen LogP contribution in [0.4, 0.5) is 5.69 Å². The molecule has 0 saturated heterocycles. The molecule has 6 nitrogen and oxygen atoms in total. The van der Waals surface area contributed by atoms with Gasteiger partial charge in [0.05, 0.1) is 6.61 Å². The van der Waals surface area contributed by atoms with Gasteiger partial charge in [0.1, 0.15) is 29.4 Å². The van der Waals surface area contributed by atoms with Gasteiger partial charge in [-0.1, -0.05) is 56.4 Å². The highest BCUT2D eigenvalue weighted by Gasteiger charge is 2.40. The summed E-state index contributed by atoms with van der Waals surface area (Å²) < 4.78 is 5.77. The highest BCUT2D eigenvalue weighted by molar-refractivity contribution is 5.70. The summed E-state index contributed by atoms with van der Waals surface area (Å²) in [5, 5.41) is 37.6. The Morgan fingerprint density at radius 1 is 1.06 bits per heavy atom. The summed E-state index contributed by atoms with van der Waals surface area (Å²) in [6.07, 6.45) is 9.39. The maximum Gasteiger partial charge on any atom is 0.172 e. The van der Waals surface area contributed by atoms with Crippen LogP contribution in [0.5, 0.6) is 0 Å². The van der Waals surface area contributed by atoms with Gasteiger partial charge < -0.3 is 14.7 Å². The monoisotopic (exact) mass is 438 g/mol. The average molecular weight is 439 g/mol. The van der Waals surface area contributed by atoms with Crippen molar-refractivity contribution in [3.8, 4) is 18.2 Å². The summed E-state index contributed by atoms with van der Waals surface area (Å²) in [6, 6.07) is 13.9. The number of allylic oxidation sites excluding steroid dienone is 7. The molecule has 3 rings (SSSR count). The quantitative estimate of drug-likeness (QED) is 0.528. The van der Waals surface area contributed by atoms with E-state index in [1.165, 1.54) is 5.56 Å². The molecule has 0 unspecified atom stereocenters. The topological polar surface area (TPSA) is 104 Å². The number of aliphatic hydroxyl groups is 1. The van der Waals surface area contributed by atoms with Gasteiger partial charge in [-0.15, -0.1) is 0 Å². The first-order valence-corrected chi connectivity index (χ1v) is 10.6. The fourth-order valence-corrected chi connectivity index (χ4v) is 4.33. The number of β-amino-alcohol motifs (C(OH)–C–C–N with tert-alkyl or cyclic N) is 1. The van der Waals surface area contributed by atoms with Crippen LogP contribution in [0, 0.1) is 34.0 Å². The van der Waals surface area contributed by atoms with Gasteiger partial charge in [-0.25, -0.2) is 0 Å². The first-order chi connectivity index (χ1) is 15.7. The van der Waals surface area contributed by atoms with E-state index in [1.54, 1.807) is 32.1 Å². The molecule has 6 heteroatoms. The number of anilines is 1. The molecular weight excluding hydrogens is 412 g/mol. The van der Waals surface area contributed by atoms with Gasteiger partial charge in [0, 0.05) is 28.9 Å². The fraction of sp³-hybridized carbons (Fsp3) is 0.296. The van der Waals surface area contributed by atoms with E-state index in [0.29, 0.717) is 12.1 Å². The van der Waals surface area contributed by atoms with E-state index in [0.717, 1.165) is 11.4 Å². The van der Waals surface area contributed by atoms with Crippen LogP contribution in [-0.2, 0) is 10.2 Å². The number of aliphatic hydroxyl groups excluding tert-OH is 1. The van der Waals surface area contributed by atoms with Crippen LogP contribution in [0.25, 0.3) is 0 Å². The van der Waals surface area contributed by atoms with Crippen LogP contribution >= 0.6 is 0 Å². The SMILES string of the molecule is CC1(C)OC(=C(C#N)C#N)C(C#N)=C1/C=C/C=C/C=C1/N(CCO)c2ccccc2C1(C)C. The number of hydrogen-bond acceptors (Lipinski definition) is 6. The van der Waals surface area contributed by atoms with Gasteiger partial charge in [-0.3, -0.25) is 0 Å². The summed E-state index contributed by atoms with van der Waals surface area (Å²) in [5.74, 6) is 0.0309. The van der Waals surface area contributed by atoms with Crippen molar-refractivity contribution in [1.82, 2.24) is 0 Å². The number of hydrogen-bond donors (Lipinski definition) is 1. The molecule has 0 spiro atoms. The molecule has 2 aliphatic rings. The van der Waals surface area contributed by atoms with Crippen LogP contribution in [0.2, 0.25) is 0 Å². The third-order valence-corrected chi connectivity index (χ3v) is 5.93. The molecule has 0 bridgehead atoms. The minimum Gasteiger partial charge on any atom is -0.480 e. The van der Waals surface area contributed by atoms with Crippen LogP contribution in [0.15, 0.2) is 82.8 Å². The number of para-hydroxylation sites is 1. The lowest BCUT2D eigenvalue weighted by Crippen LogP contribution is -2.28. The van der Waals surface area contributed by atoms with Crippen LogP contribution in [-0.4, -0.2) is 23.9 Å². The third-order valence-electron chi connectivity index (χ3n) is 5.93. The van der Waals surface area contributed by atoms with Gasteiger partial charge in [0.15, 0.2) is 11.3 Å². The van der Waals surface area contributed by atoms with Gasteiger partial charge in [0.25, 0.3) is 0 Å². The summed E-state index contributed by atoms with van der Waals surface area (Å²) in [7, 11) is 0. The predicted molar refractivity (Wildman–Crippen MR) is 126 cm³/mol. The lowest BCUT2D eigenvalue weighted by atomic mass is 9.84. The number of fused-ring (bicyclic) bond motifs is 1. The lowest BCUT2D eigenvalue weighted by molar-refractivity contribution is 0.0954. The second-order valence-electron chi connectivity index (χ2n) is 8.75. The maximum atomic E-state index is 9.62. The molecule has 1 aromatic carbocycles. The number of benzene rings is 1. The number of nitriles is 3. The maximum absolute atomic E-state index is 9.62.